The Morgan fingerprint density at radius 3 is 2.68 bits per heavy atom. The second-order valence-electron chi connectivity index (χ2n) is 7.84. The van der Waals surface area contributed by atoms with E-state index in [1.54, 1.807) is 55.7 Å². The van der Waals surface area contributed by atoms with Crippen molar-refractivity contribution in [2.24, 2.45) is 12.8 Å². The topological polar surface area (TPSA) is 113 Å². The molecular formula is C25H18F2N6O. The molecule has 0 aliphatic heterocycles. The Morgan fingerprint density at radius 1 is 1.15 bits per heavy atom. The van der Waals surface area contributed by atoms with Crippen molar-refractivity contribution in [1.29, 1.82) is 5.26 Å². The van der Waals surface area contributed by atoms with Gasteiger partial charge in [-0.3, -0.25) is 9.48 Å². The zero-order chi connectivity index (χ0) is 24.0. The van der Waals surface area contributed by atoms with Gasteiger partial charge in [-0.2, -0.15) is 15.5 Å². The highest BCUT2D eigenvalue weighted by molar-refractivity contribution is 5.99. The number of H-pyrrole nitrogens is 1. The van der Waals surface area contributed by atoms with E-state index in [-0.39, 0.29) is 28.8 Å². The Morgan fingerprint density at radius 2 is 1.94 bits per heavy atom. The summed E-state index contributed by atoms with van der Waals surface area (Å²) in [5, 5.41) is 22.9. The van der Waals surface area contributed by atoms with Crippen LogP contribution in [-0.2, 0) is 13.6 Å². The largest absolute Gasteiger partial charge is 0.325 e. The molecule has 0 unspecified atom stereocenters. The maximum atomic E-state index is 14.3. The van der Waals surface area contributed by atoms with E-state index in [4.69, 9.17) is 5.73 Å². The average Bonchev–Trinajstić information content (AvgIpc) is 3.23. The standard InChI is InChI=1S/C25H18F2N6O/c1-33-23(22-18(24(26)27)9-13-4-2-3-5-15(13)19(22)10-28)20(12-30-33)14-6-7-16-17(8-14)21(11-29)31-32-25(16)34/h2-9,12,24H,11,29H2,1H3,(H,32,34). The molecule has 168 valence electrons. The van der Waals surface area contributed by atoms with Gasteiger partial charge in [0.05, 0.1) is 28.5 Å². The number of aromatic amines is 1. The molecule has 3 aromatic carbocycles. The molecule has 0 spiro atoms. The van der Waals surface area contributed by atoms with Crippen molar-refractivity contribution in [2.75, 3.05) is 0 Å². The molecule has 0 aliphatic carbocycles. The molecule has 0 atom stereocenters. The Bertz CT molecular complexity index is 1680. The first-order chi connectivity index (χ1) is 16.4. The highest BCUT2D eigenvalue weighted by Gasteiger charge is 2.26. The molecule has 2 aromatic heterocycles. The van der Waals surface area contributed by atoms with Crippen molar-refractivity contribution in [2.45, 2.75) is 13.0 Å². The number of halogens is 2. The van der Waals surface area contributed by atoms with Crippen molar-refractivity contribution in [3.8, 4) is 28.5 Å². The van der Waals surface area contributed by atoms with Gasteiger partial charge in [0, 0.05) is 41.1 Å². The van der Waals surface area contributed by atoms with Crippen LogP contribution in [0.4, 0.5) is 8.78 Å². The second-order valence-corrected chi connectivity index (χ2v) is 7.84. The van der Waals surface area contributed by atoms with Gasteiger partial charge in [-0.25, -0.2) is 13.9 Å². The Hall–Kier alpha value is -4.42. The van der Waals surface area contributed by atoms with Gasteiger partial charge in [-0.05, 0) is 29.1 Å². The quantitative estimate of drug-likeness (QED) is 0.416. The molecule has 3 N–H and O–H groups in total. The van der Waals surface area contributed by atoms with Crippen molar-refractivity contribution >= 4 is 21.5 Å². The summed E-state index contributed by atoms with van der Waals surface area (Å²) in [4.78, 5) is 12.2. The number of nitriles is 1. The second kappa shape index (κ2) is 8.17. The van der Waals surface area contributed by atoms with Crippen LogP contribution in [0.15, 0.2) is 59.5 Å². The summed E-state index contributed by atoms with van der Waals surface area (Å²) >= 11 is 0. The van der Waals surface area contributed by atoms with Crippen LogP contribution in [-0.4, -0.2) is 20.0 Å². The number of benzene rings is 3. The van der Waals surface area contributed by atoms with Gasteiger partial charge in [0.1, 0.15) is 6.07 Å². The Balaban J connectivity index is 1.86. The average molecular weight is 456 g/mol. The number of nitrogens with one attached hydrogen (secondary N) is 1. The van der Waals surface area contributed by atoms with Crippen LogP contribution in [0.1, 0.15) is 23.2 Å². The number of nitrogens with zero attached hydrogens (tertiary/aromatic N) is 4. The fraction of sp³-hybridized carbons (Fsp3) is 0.120. The Kier molecular flexibility index (Phi) is 5.15. The number of fused-ring (bicyclic) bond motifs is 2. The molecule has 0 saturated heterocycles. The van der Waals surface area contributed by atoms with Crippen molar-refractivity contribution in [3.05, 3.63) is 81.9 Å². The lowest BCUT2D eigenvalue weighted by molar-refractivity contribution is 0.152. The number of aryl methyl sites for hydroxylation is 1. The van der Waals surface area contributed by atoms with Crippen molar-refractivity contribution in [3.63, 3.8) is 0 Å². The number of alkyl halides is 2. The monoisotopic (exact) mass is 456 g/mol. The van der Waals surface area contributed by atoms with Gasteiger partial charge in [-0.1, -0.05) is 30.3 Å². The minimum absolute atomic E-state index is 0.107. The highest BCUT2D eigenvalue weighted by Crippen LogP contribution is 2.42. The molecule has 34 heavy (non-hydrogen) atoms. The summed E-state index contributed by atoms with van der Waals surface area (Å²) in [5.74, 6) is 0. The third kappa shape index (κ3) is 3.24. The number of rotatable bonds is 4. The van der Waals surface area contributed by atoms with Gasteiger partial charge >= 0.3 is 0 Å². The fourth-order valence-electron chi connectivity index (χ4n) is 4.40. The van der Waals surface area contributed by atoms with Gasteiger partial charge in [0.15, 0.2) is 0 Å². The van der Waals surface area contributed by atoms with E-state index >= 15 is 0 Å². The zero-order valence-electron chi connectivity index (χ0n) is 18.0. The molecular weight excluding hydrogens is 438 g/mol. The smallest absolute Gasteiger partial charge is 0.272 e. The molecule has 2 heterocycles. The van der Waals surface area contributed by atoms with E-state index in [1.807, 2.05) is 0 Å². The zero-order valence-corrected chi connectivity index (χ0v) is 18.0. The van der Waals surface area contributed by atoms with Gasteiger partial charge in [0.2, 0.25) is 0 Å². The van der Waals surface area contributed by atoms with Crippen LogP contribution in [0.3, 0.4) is 0 Å². The predicted molar refractivity (Wildman–Crippen MR) is 125 cm³/mol. The summed E-state index contributed by atoms with van der Waals surface area (Å²) in [6.45, 7) is 0.107. The number of nitrogens with two attached hydrogens (primary N) is 1. The molecule has 0 radical (unpaired) electrons. The lowest BCUT2D eigenvalue weighted by atomic mass is 9.89. The number of hydrogen-bond acceptors (Lipinski definition) is 5. The van der Waals surface area contributed by atoms with Gasteiger partial charge in [0.25, 0.3) is 12.0 Å². The molecule has 5 aromatic rings. The number of hydrogen-bond donors (Lipinski definition) is 2. The van der Waals surface area contributed by atoms with Crippen LogP contribution in [0.25, 0.3) is 43.9 Å². The van der Waals surface area contributed by atoms with Crippen molar-refractivity contribution < 1.29 is 8.78 Å². The molecule has 0 bridgehead atoms. The lowest BCUT2D eigenvalue weighted by Crippen LogP contribution is -2.13. The van der Waals surface area contributed by atoms with Crippen LogP contribution in [0.2, 0.25) is 0 Å². The van der Waals surface area contributed by atoms with Crippen LogP contribution >= 0.6 is 0 Å². The highest BCUT2D eigenvalue weighted by atomic mass is 19.3. The summed E-state index contributed by atoms with van der Waals surface area (Å²) < 4.78 is 30.0. The van der Waals surface area contributed by atoms with Crippen molar-refractivity contribution in [1.82, 2.24) is 20.0 Å². The number of aromatic nitrogens is 4. The maximum absolute atomic E-state index is 14.3. The van der Waals surface area contributed by atoms with E-state index in [2.05, 4.69) is 21.4 Å². The van der Waals surface area contributed by atoms with Crippen LogP contribution < -0.4 is 11.3 Å². The molecule has 9 heteroatoms. The first-order valence-electron chi connectivity index (χ1n) is 10.4. The molecule has 0 aliphatic rings. The summed E-state index contributed by atoms with van der Waals surface area (Å²) in [7, 11) is 1.64. The summed E-state index contributed by atoms with van der Waals surface area (Å²) in [6, 6.07) is 15.6. The predicted octanol–water partition coefficient (Wildman–Crippen LogP) is 4.41. The SMILES string of the molecule is Cn1ncc(-c2ccc3c(=O)[nH]nc(CN)c3c2)c1-c1c(C(F)F)cc2ccccc2c1C#N. The fourth-order valence-corrected chi connectivity index (χ4v) is 4.40. The minimum atomic E-state index is -2.81. The lowest BCUT2D eigenvalue weighted by Gasteiger charge is -2.16. The molecule has 0 fully saturated rings. The van der Waals surface area contributed by atoms with E-state index in [0.29, 0.717) is 44.1 Å². The summed E-state index contributed by atoms with van der Waals surface area (Å²) in [6.07, 6.45) is -1.25. The third-order valence-electron chi connectivity index (χ3n) is 5.97. The first-order valence-corrected chi connectivity index (χ1v) is 10.4. The van der Waals surface area contributed by atoms with Gasteiger partial charge in [-0.15, -0.1) is 0 Å². The molecule has 0 amide bonds. The van der Waals surface area contributed by atoms with E-state index in [9.17, 15) is 18.8 Å². The normalized spacial score (nSPS) is 11.4. The van der Waals surface area contributed by atoms with E-state index < -0.39 is 6.43 Å². The molecule has 0 saturated carbocycles. The van der Waals surface area contributed by atoms with E-state index in [1.165, 1.54) is 10.7 Å². The van der Waals surface area contributed by atoms with Crippen LogP contribution in [0, 0.1) is 11.3 Å². The summed E-state index contributed by atoms with van der Waals surface area (Å²) in [5.41, 5.74) is 7.54. The van der Waals surface area contributed by atoms with E-state index in [0.717, 1.165) is 0 Å². The maximum Gasteiger partial charge on any atom is 0.272 e. The third-order valence-corrected chi connectivity index (χ3v) is 5.97. The van der Waals surface area contributed by atoms with Crippen LogP contribution in [0.5, 0.6) is 0 Å². The Labute approximate surface area is 192 Å². The first kappa shape index (κ1) is 21.4. The molecule has 7 nitrogen and oxygen atoms in total. The van der Waals surface area contributed by atoms with Gasteiger partial charge < -0.3 is 5.73 Å². The minimum Gasteiger partial charge on any atom is -0.325 e. The molecule has 5 rings (SSSR count).